The fraction of sp³-hybridized carbons (Fsp3) is 0.789. The number of carbonyl (C=O) groups is 2. The summed E-state index contributed by atoms with van der Waals surface area (Å²) in [6.45, 7) is 3.69. The number of carbonyl (C=O) groups excluding carboxylic acids is 2. The van der Waals surface area contributed by atoms with Gasteiger partial charge in [-0.05, 0) is 33.1 Å². The first kappa shape index (κ1) is 20.8. The van der Waals surface area contributed by atoms with Crippen LogP contribution < -0.4 is 5.32 Å². The van der Waals surface area contributed by atoms with Crippen LogP contribution in [0.1, 0.15) is 52.4 Å². The summed E-state index contributed by atoms with van der Waals surface area (Å²) in [5.41, 5.74) is 0.596. The molecule has 7 heteroatoms. The van der Waals surface area contributed by atoms with Crippen molar-refractivity contribution in [3.63, 3.8) is 0 Å². The van der Waals surface area contributed by atoms with Gasteiger partial charge >= 0.3 is 0 Å². The van der Waals surface area contributed by atoms with Gasteiger partial charge in [0, 0.05) is 39.6 Å². The van der Waals surface area contributed by atoms with Gasteiger partial charge in [-0.3, -0.25) is 9.59 Å². The van der Waals surface area contributed by atoms with Gasteiger partial charge in [0.15, 0.2) is 0 Å². The molecule has 0 bridgehead atoms. The molecular weight excluding hydrogens is 342 g/mol. The number of halogens is 2. The third-order valence-corrected chi connectivity index (χ3v) is 5.52. The molecular formula is C19H30F2N2O3. The number of amides is 2. The van der Waals surface area contributed by atoms with Crippen molar-refractivity contribution in [2.75, 3.05) is 26.7 Å². The number of methoxy groups -OCH3 is 1. The predicted octanol–water partition coefficient (Wildman–Crippen LogP) is 2.90. The molecule has 26 heavy (non-hydrogen) atoms. The van der Waals surface area contributed by atoms with Crippen LogP contribution in [0.5, 0.6) is 0 Å². The molecule has 0 aromatic rings. The van der Waals surface area contributed by atoms with Gasteiger partial charge in [0.2, 0.25) is 11.8 Å². The molecule has 2 aliphatic rings. The van der Waals surface area contributed by atoms with Gasteiger partial charge in [-0.15, -0.1) is 0 Å². The van der Waals surface area contributed by atoms with Crippen LogP contribution in [0.3, 0.4) is 0 Å². The summed E-state index contributed by atoms with van der Waals surface area (Å²) in [5.74, 6) is -4.35. The molecule has 148 valence electrons. The lowest BCUT2D eigenvalue weighted by atomic mass is 9.77. The molecule has 2 fully saturated rings. The fourth-order valence-electron chi connectivity index (χ4n) is 3.46. The number of alkyl halides is 2. The second kappa shape index (κ2) is 8.46. The summed E-state index contributed by atoms with van der Waals surface area (Å²) >= 11 is 0. The van der Waals surface area contributed by atoms with Crippen LogP contribution in [0.4, 0.5) is 8.78 Å². The Morgan fingerprint density at radius 3 is 2.50 bits per heavy atom. The number of nitrogens with one attached hydrogen (secondary N) is 1. The maximum absolute atomic E-state index is 14.2. The van der Waals surface area contributed by atoms with Gasteiger partial charge in [0.25, 0.3) is 5.92 Å². The number of piperidine rings is 1. The second-order valence-electron chi connectivity index (χ2n) is 7.75. The molecule has 1 saturated carbocycles. The molecule has 2 rings (SSSR count). The van der Waals surface area contributed by atoms with Gasteiger partial charge in [-0.2, -0.15) is 0 Å². The van der Waals surface area contributed by atoms with E-state index in [-0.39, 0.29) is 50.7 Å². The van der Waals surface area contributed by atoms with E-state index in [0.717, 1.165) is 24.8 Å². The molecule has 2 amide bonds. The molecule has 0 radical (unpaired) electrons. The first-order chi connectivity index (χ1) is 12.2. The summed E-state index contributed by atoms with van der Waals surface area (Å²) in [6, 6.07) is 0. The van der Waals surface area contributed by atoms with Crippen LogP contribution in [0.15, 0.2) is 11.6 Å². The predicted molar refractivity (Wildman–Crippen MR) is 94.9 cm³/mol. The topological polar surface area (TPSA) is 58.6 Å². The van der Waals surface area contributed by atoms with Crippen molar-refractivity contribution in [2.45, 2.75) is 63.9 Å². The zero-order chi connectivity index (χ0) is 19.4. The highest BCUT2D eigenvalue weighted by molar-refractivity contribution is 5.78. The molecule has 0 aromatic carbocycles. The van der Waals surface area contributed by atoms with Crippen LogP contribution in [0.2, 0.25) is 0 Å². The Bertz CT molecular complexity index is 549. The summed E-state index contributed by atoms with van der Waals surface area (Å²) in [6.07, 6.45) is 4.52. The van der Waals surface area contributed by atoms with E-state index < -0.39 is 17.4 Å². The Hall–Kier alpha value is -1.50. The minimum Gasteiger partial charge on any atom is -0.378 e. The minimum atomic E-state index is -2.88. The molecule has 1 atom stereocenters. The molecule has 1 unspecified atom stereocenters. The van der Waals surface area contributed by atoms with Gasteiger partial charge < -0.3 is 15.0 Å². The van der Waals surface area contributed by atoms with Crippen LogP contribution in [0.25, 0.3) is 0 Å². The lowest BCUT2D eigenvalue weighted by Crippen LogP contribution is -2.53. The molecule has 1 saturated heterocycles. The first-order valence-corrected chi connectivity index (χ1v) is 9.28. The quantitative estimate of drug-likeness (QED) is 0.699. The zero-order valence-corrected chi connectivity index (χ0v) is 15.9. The van der Waals surface area contributed by atoms with Gasteiger partial charge in [-0.25, -0.2) is 8.78 Å². The number of hydrogen-bond acceptors (Lipinski definition) is 3. The molecule has 1 aliphatic carbocycles. The number of nitrogens with zero attached hydrogens (tertiary/aromatic N) is 1. The summed E-state index contributed by atoms with van der Waals surface area (Å²) in [7, 11) is 1.58. The number of rotatable bonds is 7. The Labute approximate surface area is 154 Å². The van der Waals surface area contributed by atoms with Crippen LogP contribution in [0, 0.1) is 5.92 Å². The highest BCUT2D eigenvalue weighted by Gasteiger charge is 2.45. The van der Waals surface area contributed by atoms with Gasteiger partial charge in [0.05, 0.1) is 17.9 Å². The third kappa shape index (κ3) is 5.25. The van der Waals surface area contributed by atoms with Crippen molar-refractivity contribution < 1.29 is 23.1 Å². The van der Waals surface area contributed by atoms with E-state index in [1.807, 2.05) is 13.8 Å². The largest absolute Gasteiger partial charge is 0.378 e. The van der Waals surface area contributed by atoms with E-state index >= 15 is 0 Å². The van der Waals surface area contributed by atoms with E-state index in [9.17, 15) is 18.4 Å². The standard InChI is InChI=1S/C19H30F2N2O3/c1-14(2)5-6-17(25)23-10-9-19(20,21)15(13-23)12-22-16(24)11-18(26-3)7-4-8-18/h5,15H,4,6-13H2,1-3H3,(H,22,24). The molecule has 5 nitrogen and oxygen atoms in total. The SMILES string of the molecule is COC1(CC(=O)NCC2CN(C(=O)CC=C(C)C)CCC2(F)F)CCC1. The Morgan fingerprint density at radius 1 is 1.27 bits per heavy atom. The monoisotopic (exact) mass is 372 g/mol. The molecule has 0 spiro atoms. The van der Waals surface area contributed by atoms with Gasteiger partial charge in [-0.1, -0.05) is 11.6 Å². The molecule has 0 aromatic heterocycles. The first-order valence-electron chi connectivity index (χ1n) is 9.28. The fourth-order valence-corrected chi connectivity index (χ4v) is 3.46. The van der Waals surface area contributed by atoms with Crippen molar-refractivity contribution in [2.24, 2.45) is 5.92 Å². The van der Waals surface area contributed by atoms with E-state index in [0.29, 0.717) is 0 Å². The van der Waals surface area contributed by atoms with Crippen molar-refractivity contribution in [1.29, 1.82) is 0 Å². The Kier molecular flexibility index (Phi) is 6.77. The number of hydrogen-bond donors (Lipinski definition) is 1. The van der Waals surface area contributed by atoms with Crippen LogP contribution >= 0.6 is 0 Å². The van der Waals surface area contributed by atoms with E-state index in [4.69, 9.17) is 4.74 Å². The highest BCUT2D eigenvalue weighted by atomic mass is 19.3. The number of likely N-dealkylation sites (tertiary alicyclic amines) is 1. The van der Waals surface area contributed by atoms with Crippen LogP contribution in [-0.4, -0.2) is 55.0 Å². The van der Waals surface area contributed by atoms with Gasteiger partial charge in [0.1, 0.15) is 0 Å². The third-order valence-electron chi connectivity index (χ3n) is 5.52. The van der Waals surface area contributed by atoms with E-state index in [1.165, 1.54) is 4.90 Å². The average molecular weight is 372 g/mol. The number of ether oxygens (including phenoxy) is 1. The van der Waals surface area contributed by atoms with Crippen LogP contribution in [-0.2, 0) is 14.3 Å². The maximum atomic E-state index is 14.2. The normalized spacial score (nSPS) is 23.7. The van der Waals surface area contributed by atoms with Crippen molar-refractivity contribution >= 4 is 11.8 Å². The van der Waals surface area contributed by atoms with Crippen molar-refractivity contribution in [1.82, 2.24) is 10.2 Å². The minimum absolute atomic E-state index is 0.0296. The molecule has 1 heterocycles. The second-order valence-corrected chi connectivity index (χ2v) is 7.75. The zero-order valence-electron chi connectivity index (χ0n) is 15.9. The Morgan fingerprint density at radius 2 is 1.96 bits per heavy atom. The average Bonchev–Trinajstić information content (AvgIpc) is 2.54. The number of allylic oxidation sites excluding steroid dienone is 1. The highest BCUT2D eigenvalue weighted by Crippen LogP contribution is 2.38. The lowest BCUT2D eigenvalue weighted by Gasteiger charge is -2.40. The van der Waals surface area contributed by atoms with E-state index in [1.54, 1.807) is 13.2 Å². The van der Waals surface area contributed by atoms with Crippen molar-refractivity contribution in [3.8, 4) is 0 Å². The smallest absolute Gasteiger partial charge is 0.255 e. The summed E-state index contributed by atoms with van der Waals surface area (Å²) in [5, 5.41) is 2.63. The van der Waals surface area contributed by atoms with E-state index in [2.05, 4.69) is 5.32 Å². The molecule has 1 aliphatic heterocycles. The summed E-state index contributed by atoms with van der Waals surface area (Å²) < 4.78 is 33.9. The Balaban J connectivity index is 1.87. The molecule has 1 N–H and O–H groups in total. The lowest BCUT2D eigenvalue weighted by molar-refractivity contribution is -0.145. The van der Waals surface area contributed by atoms with Crippen molar-refractivity contribution in [3.05, 3.63) is 11.6 Å². The maximum Gasteiger partial charge on any atom is 0.255 e. The summed E-state index contributed by atoms with van der Waals surface area (Å²) in [4.78, 5) is 25.8.